The molecule has 22 heavy (non-hydrogen) atoms. The second kappa shape index (κ2) is 6.42. The van der Waals surface area contributed by atoms with E-state index in [-0.39, 0.29) is 28.9 Å². The lowest BCUT2D eigenvalue weighted by atomic mass is 10.2. The zero-order valence-corrected chi connectivity index (χ0v) is 12.2. The van der Waals surface area contributed by atoms with Crippen LogP contribution in [0.25, 0.3) is 0 Å². The van der Waals surface area contributed by atoms with Crippen molar-refractivity contribution in [2.75, 3.05) is 7.11 Å². The molecule has 0 saturated heterocycles. The van der Waals surface area contributed by atoms with Crippen molar-refractivity contribution < 1.29 is 24.0 Å². The van der Waals surface area contributed by atoms with Gasteiger partial charge in [-0.2, -0.15) is 0 Å². The third-order valence-electron chi connectivity index (χ3n) is 3.19. The third-order valence-corrected chi connectivity index (χ3v) is 3.19. The number of nitro benzene ring substituents is 1. The predicted octanol–water partition coefficient (Wildman–Crippen LogP) is 1.43. The van der Waals surface area contributed by atoms with E-state index in [1.165, 1.54) is 26.2 Å². The number of nitrogens with zero attached hydrogens (tertiary/aromatic N) is 1. The van der Waals surface area contributed by atoms with Gasteiger partial charge in [0, 0.05) is 12.1 Å². The maximum atomic E-state index is 12.0. The number of nitrogens with one attached hydrogen (secondary N) is 1. The number of amides is 1. The first-order chi connectivity index (χ1) is 10.4. The van der Waals surface area contributed by atoms with Crippen molar-refractivity contribution in [2.45, 2.75) is 31.9 Å². The van der Waals surface area contributed by atoms with Gasteiger partial charge in [-0.3, -0.25) is 14.9 Å². The van der Waals surface area contributed by atoms with Crippen LogP contribution >= 0.6 is 0 Å². The molecule has 0 unspecified atom stereocenters. The lowest BCUT2D eigenvalue weighted by Gasteiger charge is -2.13. The van der Waals surface area contributed by atoms with Gasteiger partial charge >= 0.3 is 11.7 Å². The van der Waals surface area contributed by atoms with Crippen LogP contribution in [-0.4, -0.2) is 36.1 Å². The Kier molecular flexibility index (Phi) is 4.59. The maximum absolute atomic E-state index is 12.0. The largest absolute Gasteiger partial charge is 0.490 e. The summed E-state index contributed by atoms with van der Waals surface area (Å²) < 4.78 is 9.87. The van der Waals surface area contributed by atoms with Crippen molar-refractivity contribution in [1.82, 2.24) is 5.32 Å². The molecule has 0 bridgehead atoms. The van der Waals surface area contributed by atoms with Crippen molar-refractivity contribution >= 4 is 17.6 Å². The number of esters is 1. The summed E-state index contributed by atoms with van der Waals surface area (Å²) in [5, 5.41) is 13.6. The Balaban J connectivity index is 2.06. The molecule has 1 fully saturated rings. The highest BCUT2D eigenvalue weighted by atomic mass is 16.6. The van der Waals surface area contributed by atoms with E-state index in [2.05, 4.69) is 5.32 Å². The highest BCUT2D eigenvalue weighted by molar-refractivity contribution is 5.93. The minimum atomic E-state index is -0.964. The highest BCUT2D eigenvalue weighted by Crippen LogP contribution is 2.28. The minimum Gasteiger partial charge on any atom is -0.490 e. The van der Waals surface area contributed by atoms with E-state index in [4.69, 9.17) is 9.47 Å². The molecular weight excluding hydrogens is 292 g/mol. The topological polar surface area (TPSA) is 108 Å². The molecule has 1 saturated carbocycles. The summed E-state index contributed by atoms with van der Waals surface area (Å²) in [5.74, 6) is -1.14. The van der Waals surface area contributed by atoms with Gasteiger partial charge in [-0.25, -0.2) is 4.79 Å². The van der Waals surface area contributed by atoms with Gasteiger partial charge in [0.2, 0.25) is 0 Å². The molecule has 1 aliphatic rings. The monoisotopic (exact) mass is 308 g/mol. The smallest absolute Gasteiger partial charge is 0.339 e. The van der Waals surface area contributed by atoms with Gasteiger partial charge < -0.3 is 14.8 Å². The summed E-state index contributed by atoms with van der Waals surface area (Å²) >= 11 is 0. The van der Waals surface area contributed by atoms with E-state index < -0.39 is 17.0 Å². The van der Waals surface area contributed by atoms with Crippen molar-refractivity contribution in [2.24, 2.45) is 0 Å². The zero-order valence-electron chi connectivity index (χ0n) is 12.2. The number of carbonyl (C=O) groups is 2. The molecule has 1 aromatic rings. The Morgan fingerprint density at radius 1 is 1.41 bits per heavy atom. The second-order valence-corrected chi connectivity index (χ2v) is 4.97. The summed E-state index contributed by atoms with van der Waals surface area (Å²) in [4.78, 5) is 34.0. The molecule has 0 aliphatic heterocycles. The summed E-state index contributed by atoms with van der Waals surface area (Å²) in [6.07, 6.45) is 0.892. The first-order valence-electron chi connectivity index (χ1n) is 6.76. The first kappa shape index (κ1) is 15.7. The molecule has 1 aliphatic carbocycles. The van der Waals surface area contributed by atoms with E-state index in [1.807, 2.05) is 0 Å². The molecule has 8 nitrogen and oxygen atoms in total. The first-order valence-corrected chi connectivity index (χ1v) is 6.76. The van der Waals surface area contributed by atoms with E-state index in [1.54, 1.807) is 0 Å². The predicted molar refractivity (Wildman–Crippen MR) is 75.7 cm³/mol. The Labute approximate surface area is 126 Å². The van der Waals surface area contributed by atoms with Crippen LogP contribution < -0.4 is 10.1 Å². The minimum absolute atomic E-state index is 0.0152. The molecule has 0 heterocycles. The number of ether oxygens (including phenoxy) is 2. The van der Waals surface area contributed by atoms with Crippen LogP contribution in [0.4, 0.5) is 5.69 Å². The highest BCUT2D eigenvalue weighted by Gasteiger charge is 2.28. The lowest BCUT2D eigenvalue weighted by Crippen LogP contribution is -2.37. The molecule has 0 spiro atoms. The molecule has 0 aromatic heterocycles. The van der Waals surface area contributed by atoms with E-state index in [0.29, 0.717) is 0 Å². The van der Waals surface area contributed by atoms with Gasteiger partial charge in [-0.15, -0.1) is 0 Å². The fourth-order valence-electron chi connectivity index (χ4n) is 1.79. The number of rotatable bonds is 6. The van der Waals surface area contributed by atoms with Crippen LogP contribution in [0, 0.1) is 10.1 Å². The molecule has 2 rings (SSSR count). The zero-order chi connectivity index (χ0) is 16.3. The average molecular weight is 308 g/mol. The summed E-state index contributed by atoms with van der Waals surface area (Å²) in [6, 6.07) is 3.88. The van der Waals surface area contributed by atoms with Gasteiger partial charge in [0.1, 0.15) is 0 Å². The number of hydrogen-bond acceptors (Lipinski definition) is 6. The van der Waals surface area contributed by atoms with Crippen molar-refractivity contribution in [3.8, 4) is 5.75 Å². The standard InChI is InChI=1S/C14H16N2O6/c1-8(13(17)15-10-4-5-10)22-14(18)9-3-6-12(21-2)11(7-9)16(19)20/h3,6-8,10H,4-5H2,1-2H3,(H,15,17)/t8-/m1/s1. The van der Waals surface area contributed by atoms with Crippen molar-refractivity contribution in [1.29, 1.82) is 0 Å². The SMILES string of the molecule is COc1ccc(C(=O)O[C@H](C)C(=O)NC2CC2)cc1[N+](=O)[O-]. The van der Waals surface area contributed by atoms with Crippen LogP contribution in [0.2, 0.25) is 0 Å². The fraction of sp³-hybridized carbons (Fsp3) is 0.429. The Morgan fingerprint density at radius 3 is 2.64 bits per heavy atom. The summed E-state index contributed by atoms with van der Waals surface area (Å²) in [5.41, 5.74) is -0.356. The number of methoxy groups -OCH3 is 1. The molecule has 1 aromatic carbocycles. The second-order valence-electron chi connectivity index (χ2n) is 4.97. The van der Waals surface area contributed by atoms with E-state index in [9.17, 15) is 19.7 Å². The lowest BCUT2D eigenvalue weighted by molar-refractivity contribution is -0.385. The quantitative estimate of drug-likeness (QED) is 0.484. The third kappa shape index (κ3) is 3.72. The van der Waals surface area contributed by atoms with Gasteiger partial charge in [0.25, 0.3) is 5.91 Å². The summed E-state index contributed by atoms with van der Waals surface area (Å²) in [7, 11) is 1.30. The molecule has 0 radical (unpaired) electrons. The molecule has 118 valence electrons. The van der Waals surface area contributed by atoms with Crippen LogP contribution in [-0.2, 0) is 9.53 Å². The fourth-order valence-corrected chi connectivity index (χ4v) is 1.79. The molecule has 8 heteroatoms. The van der Waals surface area contributed by atoms with E-state index >= 15 is 0 Å². The van der Waals surface area contributed by atoms with Crippen molar-refractivity contribution in [3.63, 3.8) is 0 Å². The van der Waals surface area contributed by atoms with Crippen molar-refractivity contribution in [3.05, 3.63) is 33.9 Å². The average Bonchev–Trinajstić information content (AvgIpc) is 3.30. The molecule has 1 atom stereocenters. The number of nitro groups is 1. The van der Waals surface area contributed by atoms with Gasteiger partial charge in [-0.1, -0.05) is 0 Å². The normalized spacial score (nSPS) is 14.8. The maximum Gasteiger partial charge on any atom is 0.339 e. The van der Waals surface area contributed by atoms with Crippen LogP contribution in [0.3, 0.4) is 0 Å². The van der Waals surface area contributed by atoms with Gasteiger partial charge in [-0.05, 0) is 31.9 Å². The van der Waals surface area contributed by atoms with Gasteiger partial charge in [0.05, 0.1) is 17.6 Å². The van der Waals surface area contributed by atoms with E-state index in [0.717, 1.165) is 18.9 Å². The van der Waals surface area contributed by atoms with Crippen LogP contribution in [0.1, 0.15) is 30.1 Å². The summed E-state index contributed by atoms with van der Waals surface area (Å²) in [6.45, 7) is 1.45. The number of carbonyl (C=O) groups excluding carboxylic acids is 2. The molecular formula is C14H16N2O6. The van der Waals surface area contributed by atoms with Crippen LogP contribution in [0.15, 0.2) is 18.2 Å². The Hall–Kier alpha value is -2.64. The Morgan fingerprint density at radius 2 is 2.09 bits per heavy atom. The number of hydrogen-bond donors (Lipinski definition) is 1. The molecule has 1 N–H and O–H groups in total. The van der Waals surface area contributed by atoms with Gasteiger partial charge in [0.15, 0.2) is 11.9 Å². The number of benzene rings is 1. The van der Waals surface area contributed by atoms with Crippen LogP contribution in [0.5, 0.6) is 5.75 Å². The Bertz CT molecular complexity index is 611. The molecule has 1 amide bonds.